The summed E-state index contributed by atoms with van der Waals surface area (Å²) in [6, 6.07) is 12.4. The number of nitrogens with one attached hydrogen (secondary N) is 1. The molecule has 1 heterocycles. The van der Waals surface area contributed by atoms with Gasteiger partial charge in [0.25, 0.3) is 0 Å². The van der Waals surface area contributed by atoms with Crippen LogP contribution in [-0.4, -0.2) is 17.8 Å². The number of Topliss-reactive ketones (excluding diaryl/α,β-unsaturated/α-hetero) is 1. The standard InChI is InChI=1S/C24H23BrFNO3/c1-13(2)30-17-6-3-14(4-7-17)15-9-21-24(22(28)10-15)19(12-23(29)27-21)18-11-16(25)5-8-20(18)26/h3-8,11,13,15,19H,9-10,12H2,1-2H3,(H,27,29). The van der Waals surface area contributed by atoms with E-state index in [1.165, 1.54) is 6.07 Å². The molecule has 0 bridgehead atoms. The number of ketones is 1. The maximum atomic E-state index is 14.5. The third-order valence-electron chi connectivity index (χ3n) is 5.59. The molecule has 4 nitrogen and oxygen atoms in total. The van der Waals surface area contributed by atoms with Crippen molar-refractivity contribution in [1.29, 1.82) is 0 Å². The van der Waals surface area contributed by atoms with Gasteiger partial charge in [0.2, 0.25) is 5.91 Å². The van der Waals surface area contributed by atoms with Gasteiger partial charge in [-0.15, -0.1) is 0 Å². The number of hydrogen-bond donors (Lipinski definition) is 1. The Balaban J connectivity index is 1.65. The van der Waals surface area contributed by atoms with Gasteiger partial charge in [0.1, 0.15) is 11.6 Å². The highest BCUT2D eigenvalue weighted by molar-refractivity contribution is 9.10. The van der Waals surface area contributed by atoms with Crippen molar-refractivity contribution in [3.8, 4) is 5.75 Å². The Kier molecular flexibility index (Phi) is 5.78. The molecular formula is C24H23BrFNO3. The van der Waals surface area contributed by atoms with Crippen molar-refractivity contribution in [2.45, 2.75) is 51.0 Å². The molecule has 4 rings (SSSR count). The summed E-state index contributed by atoms with van der Waals surface area (Å²) in [7, 11) is 0. The van der Waals surface area contributed by atoms with Gasteiger partial charge in [-0.05, 0) is 67.6 Å². The molecule has 0 spiro atoms. The molecule has 2 aromatic rings. The molecule has 6 heteroatoms. The normalized spacial score (nSPS) is 21.5. The zero-order valence-electron chi connectivity index (χ0n) is 16.9. The quantitative estimate of drug-likeness (QED) is 0.650. The Morgan fingerprint density at radius 2 is 1.80 bits per heavy atom. The summed E-state index contributed by atoms with van der Waals surface area (Å²) in [5, 5.41) is 2.88. The smallest absolute Gasteiger partial charge is 0.225 e. The number of carbonyl (C=O) groups excluding carboxylic acids is 2. The monoisotopic (exact) mass is 471 g/mol. The molecule has 1 aliphatic carbocycles. The molecule has 2 aliphatic rings. The summed E-state index contributed by atoms with van der Waals surface area (Å²) in [4.78, 5) is 25.5. The van der Waals surface area contributed by atoms with Crippen LogP contribution in [0.2, 0.25) is 0 Å². The Labute approximate surface area is 183 Å². The Morgan fingerprint density at radius 3 is 2.50 bits per heavy atom. The highest BCUT2D eigenvalue weighted by Gasteiger charge is 2.39. The number of allylic oxidation sites excluding steroid dienone is 2. The molecular weight excluding hydrogens is 449 g/mol. The second-order valence-corrected chi connectivity index (χ2v) is 9.04. The zero-order valence-corrected chi connectivity index (χ0v) is 18.5. The van der Waals surface area contributed by atoms with E-state index < -0.39 is 11.7 Å². The molecule has 156 valence electrons. The molecule has 1 aliphatic heterocycles. The fourth-order valence-electron chi connectivity index (χ4n) is 4.33. The number of carbonyl (C=O) groups is 2. The summed E-state index contributed by atoms with van der Waals surface area (Å²) in [5.74, 6) is -0.426. The van der Waals surface area contributed by atoms with Gasteiger partial charge in [0.15, 0.2) is 5.78 Å². The first kappa shape index (κ1) is 20.8. The van der Waals surface area contributed by atoms with Gasteiger partial charge in [-0.2, -0.15) is 0 Å². The molecule has 0 radical (unpaired) electrons. The third-order valence-corrected chi connectivity index (χ3v) is 6.09. The maximum absolute atomic E-state index is 14.5. The summed E-state index contributed by atoms with van der Waals surface area (Å²) in [6.45, 7) is 3.94. The fraction of sp³-hybridized carbons (Fsp3) is 0.333. The number of benzene rings is 2. The average Bonchev–Trinajstić information content (AvgIpc) is 2.69. The van der Waals surface area contributed by atoms with Crippen molar-refractivity contribution in [3.63, 3.8) is 0 Å². The van der Waals surface area contributed by atoms with E-state index in [1.54, 1.807) is 12.1 Å². The number of halogens is 2. The van der Waals surface area contributed by atoms with E-state index in [-0.39, 0.29) is 30.1 Å². The highest BCUT2D eigenvalue weighted by Crippen LogP contribution is 2.43. The predicted molar refractivity (Wildman–Crippen MR) is 116 cm³/mol. The largest absolute Gasteiger partial charge is 0.491 e. The van der Waals surface area contributed by atoms with Gasteiger partial charge >= 0.3 is 0 Å². The van der Waals surface area contributed by atoms with E-state index in [4.69, 9.17) is 4.74 Å². The van der Waals surface area contributed by atoms with Crippen molar-refractivity contribution in [1.82, 2.24) is 5.32 Å². The van der Waals surface area contributed by atoms with E-state index >= 15 is 0 Å². The van der Waals surface area contributed by atoms with Crippen LogP contribution in [0.3, 0.4) is 0 Å². The molecule has 0 aromatic heterocycles. The lowest BCUT2D eigenvalue weighted by Crippen LogP contribution is -2.38. The second-order valence-electron chi connectivity index (χ2n) is 8.13. The summed E-state index contributed by atoms with van der Waals surface area (Å²) in [5.41, 5.74) is 2.58. The Bertz CT molecular complexity index is 1030. The number of rotatable bonds is 4. The molecule has 30 heavy (non-hydrogen) atoms. The molecule has 0 saturated carbocycles. The molecule has 0 saturated heterocycles. The summed E-state index contributed by atoms with van der Waals surface area (Å²) in [6.07, 6.45) is 1.05. The van der Waals surface area contributed by atoms with Crippen LogP contribution in [0.25, 0.3) is 0 Å². The summed E-state index contributed by atoms with van der Waals surface area (Å²) < 4.78 is 20.9. The van der Waals surface area contributed by atoms with Gasteiger partial charge in [-0.3, -0.25) is 9.59 Å². The van der Waals surface area contributed by atoms with E-state index in [0.29, 0.717) is 29.7 Å². The average molecular weight is 472 g/mol. The van der Waals surface area contributed by atoms with Gasteiger partial charge < -0.3 is 10.1 Å². The first-order chi connectivity index (χ1) is 14.3. The van der Waals surface area contributed by atoms with Crippen LogP contribution in [0.4, 0.5) is 4.39 Å². The molecule has 2 atom stereocenters. The van der Waals surface area contributed by atoms with Gasteiger partial charge in [-0.25, -0.2) is 4.39 Å². The first-order valence-corrected chi connectivity index (χ1v) is 10.9. The molecule has 2 aromatic carbocycles. The van der Waals surface area contributed by atoms with Crippen molar-refractivity contribution < 1.29 is 18.7 Å². The fourth-order valence-corrected chi connectivity index (χ4v) is 4.71. The van der Waals surface area contributed by atoms with Crippen molar-refractivity contribution >= 4 is 27.6 Å². The van der Waals surface area contributed by atoms with E-state index in [2.05, 4.69) is 21.2 Å². The zero-order chi connectivity index (χ0) is 21.4. The van der Waals surface area contributed by atoms with Crippen LogP contribution in [-0.2, 0) is 9.59 Å². The lowest BCUT2D eigenvalue weighted by Gasteiger charge is -2.34. The Hall–Kier alpha value is -2.47. The number of ether oxygens (including phenoxy) is 1. The minimum Gasteiger partial charge on any atom is -0.491 e. The second kappa shape index (κ2) is 8.34. The van der Waals surface area contributed by atoms with Crippen molar-refractivity contribution in [2.75, 3.05) is 0 Å². The van der Waals surface area contributed by atoms with Crippen LogP contribution >= 0.6 is 15.9 Å². The van der Waals surface area contributed by atoms with E-state index in [1.807, 2.05) is 38.1 Å². The molecule has 2 unspecified atom stereocenters. The van der Waals surface area contributed by atoms with E-state index in [9.17, 15) is 14.0 Å². The predicted octanol–water partition coefficient (Wildman–Crippen LogP) is 5.38. The van der Waals surface area contributed by atoms with Crippen LogP contribution in [0.15, 0.2) is 58.2 Å². The lowest BCUT2D eigenvalue weighted by molar-refractivity contribution is -0.122. The topological polar surface area (TPSA) is 55.4 Å². The van der Waals surface area contributed by atoms with E-state index in [0.717, 1.165) is 15.8 Å². The van der Waals surface area contributed by atoms with Gasteiger partial charge in [0.05, 0.1) is 6.10 Å². The summed E-state index contributed by atoms with van der Waals surface area (Å²) >= 11 is 3.36. The lowest BCUT2D eigenvalue weighted by atomic mass is 9.73. The molecule has 1 N–H and O–H groups in total. The van der Waals surface area contributed by atoms with Gasteiger partial charge in [-0.1, -0.05) is 28.1 Å². The van der Waals surface area contributed by atoms with Crippen LogP contribution in [0.5, 0.6) is 5.75 Å². The van der Waals surface area contributed by atoms with Crippen molar-refractivity contribution in [3.05, 3.63) is 75.2 Å². The van der Waals surface area contributed by atoms with Crippen LogP contribution in [0.1, 0.15) is 56.1 Å². The highest BCUT2D eigenvalue weighted by atomic mass is 79.9. The third kappa shape index (κ3) is 4.19. The molecule has 1 amide bonds. The maximum Gasteiger partial charge on any atom is 0.225 e. The van der Waals surface area contributed by atoms with Crippen LogP contribution < -0.4 is 10.1 Å². The SMILES string of the molecule is CC(C)Oc1ccc(C2CC(=O)C3=C(C2)NC(=O)CC3c2cc(Br)ccc2F)cc1. The van der Waals surface area contributed by atoms with Crippen LogP contribution in [0, 0.1) is 5.82 Å². The molecule has 0 fully saturated rings. The van der Waals surface area contributed by atoms with Gasteiger partial charge in [0, 0.05) is 34.5 Å². The minimum atomic E-state index is -0.554. The minimum absolute atomic E-state index is 0.0317. The van der Waals surface area contributed by atoms with Crippen molar-refractivity contribution in [2.24, 2.45) is 0 Å². The Morgan fingerprint density at radius 1 is 1.07 bits per heavy atom. The number of amides is 1. The number of hydrogen-bond acceptors (Lipinski definition) is 3. The first-order valence-electron chi connectivity index (χ1n) is 10.1.